The Kier molecular flexibility index (Phi) is 13.5. The van der Waals surface area contributed by atoms with E-state index in [0.29, 0.717) is 44.5 Å². The Labute approximate surface area is 433 Å². The molecule has 0 amide bonds. The van der Waals surface area contributed by atoms with E-state index in [1.165, 1.54) is 0 Å². The van der Waals surface area contributed by atoms with E-state index < -0.39 is 0 Å². The molecule has 74 heavy (non-hydrogen) atoms. The van der Waals surface area contributed by atoms with Gasteiger partial charge in [-0.2, -0.15) is 0 Å². The molecule has 358 valence electrons. The molecule has 0 spiro atoms. The van der Waals surface area contributed by atoms with Crippen molar-refractivity contribution in [3.8, 4) is 55.6 Å². The van der Waals surface area contributed by atoms with Crippen LogP contribution in [0.5, 0.6) is 0 Å². The van der Waals surface area contributed by atoms with E-state index in [-0.39, 0.29) is 23.1 Å². The van der Waals surface area contributed by atoms with Crippen LogP contribution in [0.2, 0.25) is 0 Å². The lowest BCUT2D eigenvalue weighted by molar-refractivity contribution is 0.103. The molecule has 0 fully saturated rings. The van der Waals surface area contributed by atoms with E-state index in [1.54, 1.807) is 0 Å². The van der Waals surface area contributed by atoms with E-state index in [1.807, 2.05) is 170 Å². The highest BCUT2D eigenvalue weighted by atomic mass is 16.1. The fourth-order valence-electron chi connectivity index (χ4n) is 11.1. The van der Waals surface area contributed by atoms with E-state index in [9.17, 15) is 19.2 Å². The maximum atomic E-state index is 13.7. The summed E-state index contributed by atoms with van der Waals surface area (Å²) >= 11 is 0. The second kappa shape index (κ2) is 20.5. The van der Waals surface area contributed by atoms with Crippen LogP contribution in [0.1, 0.15) is 97.1 Å². The van der Waals surface area contributed by atoms with Gasteiger partial charge in [0.25, 0.3) is 0 Å². The average Bonchev–Trinajstić information content (AvgIpc) is 3.45. The van der Waals surface area contributed by atoms with Crippen LogP contribution >= 0.6 is 0 Å². The van der Waals surface area contributed by atoms with Crippen molar-refractivity contribution in [1.82, 2.24) is 0 Å². The van der Waals surface area contributed by atoms with E-state index in [2.05, 4.69) is 90.1 Å². The molecule has 10 rings (SSSR count). The number of carbonyl (C=O) groups is 4. The maximum absolute atomic E-state index is 13.7. The lowest BCUT2D eigenvalue weighted by Gasteiger charge is -2.28. The summed E-state index contributed by atoms with van der Waals surface area (Å²) in [7, 11) is 0. The zero-order valence-corrected chi connectivity index (χ0v) is 42.4. The van der Waals surface area contributed by atoms with E-state index in [4.69, 9.17) is 0 Å². The third-order valence-electron chi connectivity index (χ3n) is 14.6. The van der Waals surface area contributed by atoms with Crippen molar-refractivity contribution in [2.24, 2.45) is 0 Å². The Hall–Kier alpha value is -9.12. The Morgan fingerprint density at radius 2 is 0.338 bits per heavy atom. The summed E-state index contributed by atoms with van der Waals surface area (Å²) in [5.41, 5.74) is 21.7. The minimum atomic E-state index is -0.0399. The summed E-state index contributed by atoms with van der Waals surface area (Å²) in [5, 5.41) is 0. The van der Waals surface area contributed by atoms with Gasteiger partial charge in [0.15, 0.2) is 23.1 Å². The molecule has 0 aliphatic carbocycles. The van der Waals surface area contributed by atoms with Crippen molar-refractivity contribution >= 4 is 23.1 Å². The molecule has 0 heterocycles. The maximum Gasteiger partial charge on any atom is 0.193 e. The molecule has 0 aliphatic rings. The Bertz CT molecular complexity index is 3260. The highest BCUT2D eigenvalue weighted by Gasteiger charge is 2.28. The predicted octanol–water partition coefficient (Wildman–Crippen LogP) is 16.8. The fraction of sp³-hybridized carbons (Fsp3) is 0.0857. The van der Waals surface area contributed by atoms with Crippen LogP contribution in [-0.2, 0) is 0 Å². The molecule has 10 aromatic rings. The summed E-state index contributed by atoms with van der Waals surface area (Å²) in [4.78, 5) is 54.8. The number of hydrogen-bond donors (Lipinski definition) is 0. The summed E-state index contributed by atoms with van der Waals surface area (Å²) in [5.74, 6) is -0.160. The Balaban J connectivity index is 1.20. The zero-order valence-electron chi connectivity index (χ0n) is 42.4. The molecule has 0 aliphatic heterocycles. The van der Waals surface area contributed by atoms with Crippen molar-refractivity contribution in [3.63, 3.8) is 0 Å². The van der Waals surface area contributed by atoms with Gasteiger partial charge < -0.3 is 0 Å². The average molecular weight is 959 g/mol. The monoisotopic (exact) mass is 958 g/mol. The smallest absolute Gasteiger partial charge is 0.193 e. The number of rotatable bonds is 13. The summed E-state index contributed by atoms with van der Waals surface area (Å²) in [6.45, 7) is 13.1. The molecule has 0 atom stereocenters. The summed E-state index contributed by atoms with van der Waals surface area (Å²) in [6, 6.07) is 69.2. The third-order valence-corrected chi connectivity index (χ3v) is 14.6. The van der Waals surface area contributed by atoms with Crippen LogP contribution in [0.4, 0.5) is 0 Å². The largest absolute Gasteiger partial charge is 0.289 e. The Morgan fingerprint density at radius 3 is 0.514 bits per heavy atom. The van der Waals surface area contributed by atoms with Gasteiger partial charge in [0.05, 0.1) is 0 Å². The second-order valence-electron chi connectivity index (χ2n) is 19.1. The summed E-state index contributed by atoms with van der Waals surface area (Å²) in [6.07, 6.45) is 0. The first kappa shape index (κ1) is 48.5. The third kappa shape index (κ3) is 9.08. The normalized spacial score (nSPS) is 11.1. The first-order valence-corrected chi connectivity index (χ1v) is 25.0. The van der Waals surface area contributed by atoms with Crippen LogP contribution < -0.4 is 0 Å². The van der Waals surface area contributed by atoms with Gasteiger partial charge in [-0.1, -0.05) is 218 Å². The minimum Gasteiger partial charge on any atom is -0.289 e. The topological polar surface area (TPSA) is 68.3 Å². The molecule has 0 N–H and O–H groups in total. The molecule has 0 radical (unpaired) electrons. The van der Waals surface area contributed by atoms with Gasteiger partial charge in [-0.25, -0.2) is 0 Å². The first-order valence-electron chi connectivity index (χ1n) is 25.0. The lowest BCUT2D eigenvalue weighted by Crippen LogP contribution is -2.07. The standard InChI is InChI=1S/C70H54O4/c1-43-61(49-27-35-57(36-28-49)67(71)53-19-11-7-12-20-53)45(3)65(46(4)62(43)50-29-37-58(38-30-50)68(72)54-21-13-8-14-22-54)66-47(5)63(51-31-39-59(40-32-51)69(73)55-23-15-9-16-24-55)44(2)64(48(66)6)52-33-41-60(42-34-52)70(74)56-25-17-10-18-26-56/h7-42H,1-6H3. The molecule has 10 aromatic carbocycles. The van der Waals surface area contributed by atoms with Crippen molar-refractivity contribution < 1.29 is 19.2 Å². The molecule has 0 bridgehead atoms. The van der Waals surface area contributed by atoms with Crippen LogP contribution in [0, 0.1) is 41.5 Å². The molecule has 4 heteroatoms. The molecule has 0 unspecified atom stereocenters. The van der Waals surface area contributed by atoms with Gasteiger partial charge in [0, 0.05) is 44.5 Å². The van der Waals surface area contributed by atoms with Crippen molar-refractivity contribution in [2.45, 2.75) is 41.5 Å². The van der Waals surface area contributed by atoms with E-state index in [0.717, 1.165) is 89.0 Å². The molecule has 0 saturated carbocycles. The SMILES string of the molecule is Cc1c(-c2ccc(C(=O)c3ccccc3)cc2)c(C)c(-c2c(C)c(-c3ccc(C(=O)c4ccccc4)cc3)c(C)c(-c3ccc(C(=O)c4ccccc4)cc3)c2C)c(C)c1-c1ccc(C(=O)c2ccccc2)cc1. The van der Waals surface area contributed by atoms with Crippen molar-refractivity contribution in [2.75, 3.05) is 0 Å². The van der Waals surface area contributed by atoms with Gasteiger partial charge in [-0.05, 0) is 131 Å². The fourth-order valence-corrected chi connectivity index (χ4v) is 11.1. The lowest BCUT2D eigenvalue weighted by atomic mass is 9.75. The highest BCUT2D eigenvalue weighted by Crippen LogP contribution is 2.50. The van der Waals surface area contributed by atoms with Crippen LogP contribution in [0.15, 0.2) is 218 Å². The molecule has 4 nitrogen and oxygen atoms in total. The van der Waals surface area contributed by atoms with Gasteiger partial charge >= 0.3 is 0 Å². The predicted molar refractivity (Wildman–Crippen MR) is 302 cm³/mol. The number of ketones is 4. The van der Waals surface area contributed by atoms with Gasteiger partial charge in [0.2, 0.25) is 0 Å². The quantitative estimate of drug-likeness (QED) is 0.108. The van der Waals surface area contributed by atoms with Crippen LogP contribution in [0.3, 0.4) is 0 Å². The molecular weight excluding hydrogens is 905 g/mol. The van der Waals surface area contributed by atoms with Crippen LogP contribution in [-0.4, -0.2) is 23.1 Å². The van der Waals surface area contributed by atoms with Gasteiger partial charge in [-0.3, -0.25) is 19.2 Å². The van der Waals surface area contributed by atoms with Crippen molar-refractivity contribution in [3.05, 3.63) is 296 Å². The van der Waals surface area contributed by atoms with Gasteiger partial charge in [0.1, 0.15) is 0 Å². The number of hydrogen-bond acceptors (Lipinski definition) is 4. The summed E-state index contributed by atoms with van der Waals surface area (Å²) < 4.78 is 0. The van der Waals surface area contributed by atoms with Crippen LogP contribution in [0.25, 0.3) is 55.6 Å². The van der Waals surface area contributed by atoms with E-state index >= 15 is 0 Å². The first-order chi connectivity index (χ1) is 35.9. The highest BCUT2D eigenvalue weighted by molar-refractivity contribution is 6.12. The minimum absolute atomic E-state index is 0.0399. The molecular formula is C70H54O4. The molecule has 0 saturated heterocycles. The zero-order chi connectivity index (χ0) is 51.6. The van der Waals surface area contributed by atoms with Gasteiger partial charge in [-0.15, -0.1) is 0 Å². The molecule has 0 aromatic heterocycles. The Morgan fingerprint density at radius 1 is 0.189 bits per heavy atom. The number of benzene rings is 10. The second-order valence-corrected chi connectivity index (χ2v) is 19.1. The number of carbonyl (C=O) groups excluding carboxylic acids is 4. The van der Waals surface area contributed by atoms with Crippen molar-refractivity contribution in [1.29, 1.82) is 0 Å².